The number of halogens is 1. The average molecular weight is 369 g/mol. The lowest BCUT2D eigenvalue weighted by Gasteiger charge is -2.36. The van der Waals surface area contributed by atoms with Crippen LogP contribution in [0.3, 0.4) is 0 Å². The molecule has 24 heavy (non-hydrogen) atoms. The summed E-state index contributed by atoms with van der Waals surface area (Å²) in [6, 6.07) is 7.78. The fourth-order valence-electron chi connectivity index (χ4n) is 2.83. The predicted molar refractivity (Wildman–Crippen MR) is 101 cm³/mol. The molecule has 1 aliphatic rings. The first-order valence-electron chi connectivity index (χ1n) is 8.64. The molecule has 0 bridgehead atoms. The van der Waals surface area contributed by atoms with Crippen molar-refractivity contribution < 1.29 is 14.0 Å². The molecule has 0 amide bonds. The Balaban J connectivity index is 2.12. The van der Waals surface area contributed by atoms with Crippen LogP contribution in [0.1, 0.15) is 39.2 Å². The van der Waals surface area contributed by atoms with Crippen LogP contribution >= 0.6 is 11.6 Å². The van der Waals surface area contributed by atoms with Crippen LogP contribution in [-0.2, 0) is 14.0 Å². The van der Waals surface area contributed by atoms with E-state index in [1.54, 1.807) is 0 Å². The molecule has 1 saturated carbocycles. The van der Waals surface area contributed by atoms with Gasteiger partial charge in [0, 0.05) is 23.5 Å². The Bertz CT molecular complexity index is 595. The van der Waals surface area contributed by atoms with Gasteiger partial charge in [-0.3, -0.25) is 4.79 Å². The van der Waals surface area contributed by atoms with Crippen LogP contribution in [0.15, 0.2) is 24.3 Å². The maximum absolute atomic E-state index is 12.3. The Hall–Kier alpha value is -0.843. The lowest BCUT2D eigenvalue weighted by Crippen LogP contribution is -2.41. The highest BCUT2D eigenvalue weighted by Gasteiger charge is 2.57. The summed E-state index contributed by atoms with van der Waals surface area (Å²) in [7, 11) is -1.83. The number of rotatable bonds is 6. The molecular formula is C19H29ClO3Si. The maximum atomic E-state index is 12.3. The molecule has 3 nitrogen and oxygen atoms in total. The zero-order valence-electron chi connectivity index (χ0n) is 15.6. The number of ether oxygens (including phenoxy) is 1. The third kappa shape index (κ3) is 4.22. The van der Waals surface area contributed by atoms with E-state index in [1.165, 1.54) is 0 Å². The van der Waals surface area contributed by atoms with E-state index in [0.717, 1.165) is 5.56 Å². The van der Waals surface area contributed by atoms with Gasteiger partial charge >= 0.3 is 5.97 Å². The summed E-state index contributed by atoms with van der Waals surface area (Å²) in [5.41, 5.74) is 1.10. The molecule has 1 aromatic carbocycles. The van der Waals surface area contributed by atoms with Gasteiger partial charge in [0.1, 0.15) is 0 Å². The van der Waals surface area contributed by atoms with Gasteiger partial charge in [-0.2, -0.15) is 0 Å². The third-order valence-electron chi connectivity index (χ3n) is 5.40. The van der Waals surface area contributed by atoms with Crippen molar-refractivity contribution >= 4 is 25.9 Å². The number of esters is 1. The van der Waals surface area contributed by atoms with Gasteiger partial charge in [-0.15, -0.1) is 0 Å². The number of carbonyl (C=O) groups is 1. The number of carbonyl (C=O) groups excluding carboxylic acids is 1. The van der Waals surface area contributed by atoms with Gasteiger partial charge in [0.2, 0.25) is 0 Å². The van der Waals surface area contributed by atoms with E-state index in [2.05, 4.69) is 33.9 Å². The summed E-state index contributed by atoms with van der Waals surface area (Å²) in [6.07, 6.45) is 0. The van der Waals surface area contributed by atoms with E-state index in [9.17, 15) is 4.79 Å². The summed E-state index contributed by atoms with van der Waals surface area (Å²) in [5, 5.41) is 0.860. The molecule has 1 aromatic rings. The molecule has 5 heteroatoms. The van der Waals surface area contributed by atoms with Crippen LogP contribution in [0, 0.1) is 11.8 Å². The van der Waals surface area contributed by atoms with Gasteiger partial charge in [0.25, 0.3) is 0 Å². The molecule has 0 aliphatic heterocycles. The summed E-state index contributed by atoms with van der Waals surface area (Å²) in [5.74, 6) is 0.0867. The number of hydrogen-bond acceptors (Lipinski definition) is 3. The second-order valence-corrected chi connectivity index (χ2v) is 13.3. The summed E-state index contributed by atoms with van der Waals surface area (Å²) >= 11 is 6.12. The quantitative estimate of drug-likeness (QED) is 0.507. The molecule has 1 fully saturated rings. The molecule has 0 saturated heterocycles. The lowest BCUT2D eigenvalue weighted by atomic mass is 10.1. The van der Waals surface area contributed by atoms with E-state index in [-0.39, 0.29) is 28.8 Å². The fraction of sp³-hybridized carbons (Fsp3) is 0.632. The molecule has 0 aromatic heterocycles. The molecule has 0 unspecified atom stereocenters. The predicted octanol–water partition coefficient (Wildman–Crippen LogP) is 5.25. The van der Waals surface area contributed by atoms with Gasteiger partial charge in [-0.25, -0.2) is 0 Å². The molecule has 3 atom stereocenters. The zero-order chi connectivity index (χ0) is 18.1. The number of hydrogen-bond donors (Lipinski definition) is 0. The highest BCUT2D eigenvalue weighted by atomic mass is 35.5. The van der Waals surface area contributed by atoms with Crippen molar-refractivity contribution in [1.29, 1.82) is 0 Å². The Labute approximate surface area is 151 Å². The van der Waals surface area contributed by atoms with E-state index >= 15 is 0 Å². The minimum Gasteiger partial charge on any atom is -0.466 e. The molecule has 0 N–H and O–H groups in total. The van der Waals surface area contributed by atoms with E-state index in [0.29, 0.717) is 18.2 Å². The average Bonchev–Trinajstić information content (AvgIpc) is 3.19. The normalized spacial score (nSPS) is 23.9. The standard InChI is InChI=1S/C19H29ClO3Si/c1-7-22-18(21)17-15(12-23-24(5,6)19(2,3)4)16(17)13-9-8-10-14(20)11-13/h8-11,15-17H,7,12H2,1-6H3/t15-,16+,17-/m0/s1. The fourth-order valence-corrected chi connectivity index (χ4v) is 4.07. The van der Waals surface area contributed by atoms with Crippen molar-refractivity contribution in [2.24, 2.45) is 11.8 Å². The van der Waals surface area contributed by atoms with Crippen molar-refractivity contribution in [3.8, 4) is 0 Å². The van der Waals surface area contributed by atoms with Crippen molar-refractivity contribution in [2.45, 2.75) is 51.7 Å². The van der Waals surface area contributed by atoms with Crippen molar-refractivity contribution in [3.63, 3.8) is 0 Å². The van der Waals surface area contributed by atoms with Crippen molar-refractivity contribution in [1.82, 2.24) is 0 Å². The largest absolute Gasteiger partial charge is 0.466 e. The molecular weight excluding hydrogens is 340 g/mol. The van der Waals surface area contributed by atoms with Crippen LogP contribution in [0.4, 0.5) is 0 Å². The van der Waals surface area contributed by atoms with Crippen LogP contribution in [0.5, 0.6) is 0 Å². The Kier molecular flexibility index (Phi) is 5.83. The van der Waals surface area contributed by atoms with Crippen molar-refractivity contribution in [2.75, 3.05) is 13.2 Å². The Morgan fingerprint density at radius 3 is 2.50 bits per heavy atom. The molecule has 0 heterocycles. The van der Waals surface area contributed by atoms with Gasteiger partial charge in [0.05, 0.1) is 12.5 Å². The summed E-state index contributed by atoms with van der Waals surface area (Å²) in [4.78, 5) is 12.3. The highest BCUT2D eigenvalue weighted by molar-refractivity contribution is 6.74. The molecule has 134 valence electrons. The van der Waals surface area contributed by atoms with Gasteiger partial charge in [-0.05, 0) is 42.8 Å². The lowest BCUT2D eigenvalue weighted by molar-refractivity contribution is -0.145. The van der Waals surface area contributed by atoms with Crippen LogP contribution in [0.25, 0.3) is 0 Å². The van der Waals surface area contributed by atoms with E-state index in [4.69, 9.17) is 20.8 Å². The molecule has 0 radical (unpaired) electrons. The minimum atomic E-state index is -1.83. The summed E-state index contributed by atoms with van der Waals surface area (Å²) < 4.78 is 11.6. The zero-order valence-corrected chi connectivity index (χ0v) is 17.3. The maximum Gasteiger partial charge on any atom is 0.309 e. The smallest absolute Gasteiger partial charge is 0.309 e. The molecule has 2 rings (SSSR count). The second-order valence-electron chi connectivity index (χ2n) is 8.09. The SMILES string of the molecule is CCOC(=O)[C@H]1[C@@H](CO[Si](C)(C)C(C)(C)C)[C@H]1c1cccc(Cl)c1. The van der Waals surface area contributed by atoms with Crippen LogP contribution in [0.2, 0.25) is 23.2 Å². The highest BCUT2D eigenvalue weighted by Crippen LogP contribution is 2.55. The second kappa shape index (κ2) is 7.18. The molecule has 1 aliphatic carbocycles. The monoisotopic (exact) mass is 368 g/mol. The minimum absolute atomic E-state index is 0.117. The molecule has 0 spiro atoms. The van der Waals surface area contributed by atoms with Gasteiger partial charge < -0.3 is 9.16 Å². The topological polar surface area (TPSA) is 35.5 Å². The Morgan fingerprint density at radius 1 is 1.29 bits per heavy atom. The van der Waals surface area contributed by atoms with Crippen molar-refractivity contribution in [3.05, 3.63) is 34.9 Å². The first-order valence-corrected chi connectivity index (χ1v) is 11.9. The first kappa shape index (κ1) is 19.5. The van der Waals surface area contributed by atoms with E-state index < -0.39 is 8.32 Å². The first-order chi connectivity index (χ1) is 11.1. The van der Waals surface area contributed by atoms with Gasteiger partial charge in [0.15, 0.2) is 8.32 Å². The van der Waals surface area contributed by atoms with Gasteiger partial charge in [-0.1, -0.05) is 44.5 Å². The van der Waals surface area contributed by atoms with Crippen LogP contribution in [-0.4, -0.2) is 27.5 Å². The Morgan fingerprint density at radius 2 is 1.96 bits per heavy atom. The van der Waals surface area contributed by atoms with E-state index in [1.807, 2.05) is 31.2 Å². The number of benzene rings is 1. The third-order valence-corrected chi connectivity index (χ3v) is 10.1. The van der Waals surface area contributed by atoms with Crippen LogP contribution < -0.4 is 0 Å². The summed E-state index contributed by atoms with van der Waals surface area (Å²) in [6.45, 7) is 14.0.